The predicted molar refractivity (Wildman–Crippen MR) is 115 cm³/mol. The molecule has 1 heterocycles. The first-order valence-corrected chi connectivity index (χ1v) is 12.6. The van der Waals surface area contributed by atoms with E-state index >= 15 is 0 Å². The Labute approximate surface area is 174 Å². The van der Waals surface area contributed by atoms with Gasteiger partial charge in [-0.25, -0.2) is 16.8 Å². The number of nitrogens with one attached hydrogen (secondary N) is 1. The molecule has 0 atom stereocenters. The lowest BCUT2D eigenvalue weighted by Gasteiger charge is -2.29. The van der Waals surface area contributed by atoms with E-state index in [0.29, 0.717) is 35.8 Å². The van der Waals surface area contributed by atoms with Gasteiger partial charge in [-0.15, -0.1) is 0 Å². The van der Waals surface area contributed by atoms with Crippen LogP contribution >= 0.6 is 0 Å². The van der Waals surface area contributed by atoms with Crippen LogP contribution in [0.25, 0.3) is 0 Å². The molecular weight excluding hydrogens is 408 g/mol. The zero-order chi connectivity index (χ0) is 21.4. The quantitative estimate of drug-likeness (QED) is 0.772. The lowest BCUT2D eigenvalue weighted by Crippen LogP contribution is -2.37. The van der Waals surface area contributed by atoms with Crippen LogP contribution in [0.4, 0.5) is 5.69 Å². The van der Waals surface area contributed by atoms with Crippen LogP contribution < -0.4 is 4.72 Å². The molecule has 29 heavy (non-hydrogen) atoms. The Morgan fingerprint density at radius 1 is 0.897 bits per heavy atom. The number of rotatable bonds is 5. The summed E-state index contributed by atoms with van der Waals surface area (Å²) in [7, 11) is -7.34. The summed E-state index contributed by atoms with van der Waals surface area (Å²) in [5.41, 5.74) is 2.68. The van der Waals surface area contributed by atoms with Gasteiger partial charge in [0.15, 0.2) is 0 Å². The highest BCUT2D eigenvalue weighted by Gasteiger charge is 2.28. The van der Waals surface area contributed by atoms with Crippen LogP contribution in [0.3, 0.4) is 0 Å². The monoisotopic (exact) mass is 436 g/mol. The number of nitrogens with zero attached hydrogens (tertiary/aromatic N) is 1. The molecule has 0 saturated carbocycles. The smallest absolute Gasteiger partial charge is 0.262 e. The van der Waals surface area contributed by atoms with Gasteiger partial charge in [-0.3, -0.25) is 4.72 Å². The molecule has 0 amide bonds. The minimum atomic E-state index is -3.78. The van der Waals surface area contributed by atoms with Gasteiger partial charge in [-0.2, -0.15) is 4.31 Å². The summed E-state index contributed by atoms with van der Waals surface area (Å²) in [5, 5.41) is 0. The third kappa shape index (κ3) is 4.65. The van der Waals surface area contributed by atoms with E-state index in [2.05, 4.69) is 11.6 Å². The zero-order valence-corrected chi connectivity index (χ0v) is 18.9. The van der Waals surface area contributed by atoms with Gasteiger partial charge in [0.25, 0.3) is 10.0 Å². The average Bonchev–Trinajstić information content (AvgIpc) is 2.61. The molecule has 1 saturated heterocycles. The molecule has 1 fully saturated rings. The van der Waals surface area contributed by atoms with Crippen molar-refractivity contribution in [1.29, 1.82) is 0 Å². The van der Waals surface area contributed by atoms with Crippen molar-refractivity contribution in [3.05, 3.63) is 53.1 Å². The van der Waals surface area contributed by atoms with Gasteiger partial charge < -0.3 is 0 Å². The van der Waals surface area contributed by atoms with Crippen LogP contribution in [-0.4, -0.2) is 34.2 Å². The number of aryl methyl sites for hydroxylation is 3. The van der Waals surface area contributed by atoms with Crippen molar-refractivity contribution < 1.29 is 16.8 Å². The normalized spacial score (nSPS) is 16.7. The van der Waals surface area contributed by atoms with E-state index in [1.54, 1.807) is 13.8 Å². The summed E-state index contributed by atoms with van der Waals surface area (Å²) >= 11 is 0. The Hall–Kier alpha value is -1.90. The Morgan fingerprint density at radius 2 is 1.41 bits per heavy atom. The second-order valence-electron chi connectivity index (χ2n) is 7.94. The minimum Gasteiger partial charge on any atom is -0.280 e. The lowest BCUT2D eigenvalue weighted by molar-refractivity contribution is 0.288. The Bertz CT molecular complexity index is 1080. The van der Waals surface area contributed by atoms with Crippen molar-refractivity contribution >= 4 is 25.7 Å². The highest BCUT2D eigenvalue weighted by atomic mass is 32.2. The molecule has 1 aliphatic rings. The van der Waals surface area contributed by atoms with Crippen molar-refractivity contribution in [2.75, 3.05) is 17.8 Å². The first kappa shape index (κ1) is 21.8. The molecule has 0 aromatic heterocycles. The molecule has 1 N–H and O–H groups in total. The van der Waals surface area contributed by atoms with E-state index in [1.807, 2.05) is 19.1 Å². The Kier molecular flexibility index (Phi) is 6.08. The number of piperidine rings is 1. The SMILES string of the molecule is Cc1cc(C)c(S(=O)(=O)Nc2ccc(S(=O)(=O)N3CCC(C)CC3)cc2)c(C)c1. The molecule has 0 unspecified atom stereocenters. The fourth-order valence-electron chi connectivity index (χ4n) is 3.87. The number of sulfonamides is 2. The summed E-state index contributed by atoms with van der Waals surface area (Å²) in [6, 6.07) is 9.57. The van der Waals surface area contributed by atoms with Crippen LogP contribution in [0.1, 0.15) is 36.5 Å². The van der Waals surface area contributed by atoms with Gasteiger partial charge in [0.1, 0.15) is 0 Å². The van der Waals surface area contributed by atoms with Crippen molar-refractivity contribution in [1.82, 2.24) is 4.31 Å². The number of hydrogen-bond acceptors (Lipinski definition) is 4. The molecule has 6 nitrogen and oxygen atoms in total. The minimum absolute atomic E-state index is 0.178. The van der Waals surface area contributed by atoms with Crippen molar-refractivity contribution in [3.8, 4) is 0 Å². The standard InChI is InChI=1S/C21H28N2O4S2/c1-15-9-11-23(12-10-15)29(26,27)20-7-5-19(6-8-20)22-28(24,25)21-17(3)13-16(2)14-18(21)4/h5-8,13-15,22H,9-12H2,1-4H3. The van der Waals surface area contributed by atoms with E-state index in [0.717, 1.165) is 18.4 Å². The molecule has 0 aliphatic carbocycles. The molecule has 0 bridgehead atoms. The van der Waals surface area contributed by atoms with Crippen molar-refractivity contribution in [2.45, 2.75) is 50.3 Å². The third-order valence-electron chi connectivity index (χ3n) is 5.36. The molecule has 2 aromatic rings. The first-order chi connectivity index (χ1) is 13.5. The van der Waals surface area contributed by atoms with Gasteiger partial charge in [0, 0.05) is 18.8 Å². The van der Waals surface area contributed by atoms with Gasteiger partial charge >= 0.3 is 0 Å². The highest BCUT2D eigenvalue weighted by Crippen LogP contribution is 2.27. The molecule has 3 rings (SSSR count). The van der Waals surface area contributed by atoms with E-state index in [4.69, 9.17) is 0 Å². The number of anilines is 1. The largest absolute Gasteiger partial charge is 0.280 e. The van der Waals surface area contributed by atoms with Crippen LogP contribution in [0.2, 0.25) is 0 Å². The van der Waals surface area contributed by atoms with E-state index in [1.165, 1.54) is 28.6 Å². The second-order valence-corrected chi connectivity index (χ2v) is 11.5. The Morgan fingerprint density at radius 3 is 1.93 bits per heavy atom. The number of benzene rings is 2. The van der Waals surface area contributed by atoms with Crippen LogP contribution in [0.5, 0.6) is 0 Å². The highest BCUT2D eigenvalue weighted by molar-refractivity contribution is 7.92. The summed E-state index contributed by atoms with van der Waals surface area (Å²) in [6.45, 7) is 8.62. The zero-order valence-electron chi connectivity index (χ0n) is 17.3. The molecule has 8 heteroatoms. The molecular formula is C21H28N2O4S2. The number of hydrogen-bond donors (Lipinski definition) is 1. The van der Waals surface area contributed by atoms with Gasteiger partial charge in [0.2, 0.25) is 10.0 Å². The maximum atomic E-state index is 12.9. The summed E-state index contributed by atoms with van der Waals surface area (Å²) in [4.78, 5) is 0.430. The third-order valence-corrected chi connectivity index (χ3v) is 8.96. The van der Waals surface area contributed by atoms with Crippen LogP contribution in [-0.2, 0) is 20.0 Å². The summed E-state index contributed by atoms with van der Waals surface area (Å²) in [5.74, 6) is 0.534. The second kappa shape index (κ2) is 8.08. The van der Waals surface area contributed by atoms with Gasteiger partial charge in [-0.05, 0) is 74.9 Å². The lowest BCUT2D eigenvalue weighted by atomic mass is 10.0. The maximum Gasteiger partial charge on any atom is 0.262 e. The Balaban J connectivity index is 1.82. The fraction of sp³-hybridized carbons (Fsp3) is 0.429. The molecule has 0 spiro atoms. The molecule has 2 aromatic carbocycles. The summed E-state index contributed by atoms with van der Waals surface area (Å²) < 4.78 is 55.5. The molecule has 1 aliphatic heterocycles. The molecule has 158 valence electrons. The maximum absolute atomic E-state index is 12.9. The predicted octanol–water partition coefficient (Wildman–Crippen LogP) is 3.83. The molecule has 0 radical (unpaired) electrons. The van der Waals surface area contributed by atoms with Gasteiger partial charge in [-0.1, -0.05) is 24.6 Å². The van der Waals surface area contributed by atoms with Gasteiger partial charge in [0.05, 0.1) is 9.79 Å². The van der Waals surface area contributed by atoms with Crippen molar-refractivity contribution in [2.24, 2.45) is 5.92 Å². The summed E-state index contributed by atoms with van der Waals surface area (Å²) in [6.07, 6.45) is 1.71. The van der Waals surface area contributed by atoms with E-state index in [-0.39, 0.29) is 9.79 Å². The average molecular weight is 437 g/mol. The van der Waals surface area contributed by atoms with Crippen molar-refractivity contribution in [3.63, 3.8) is 0 Å². The first-order valence-electron chi connectivity index (χ1n) is 9.71. The van der Waals surface area contributed by atoms with Crippen LogP contribution in [0, 0.1) is 26.7 Å². The van der Waals surface area contributed by atoms with Crippen LogP contribution in [0.15, 0.2) is 46.2 Å². The topological polar surface area (TPSA) is 83.5 Å². The fourth-order valence-corrected chi connectivity index (χ4v) is 6.85. The van der Waals surface area contributed by atoms with E-state index in [9.17, 15) is 16.8 Å². The van der Waals surface area contributed by atoms with E-state index < -0.39 is 20.0 Å².